The molecule has 0 unspecified atom stereocenters. The molecule has 16 heavy (non-hydrogen) atoms. The first kappa shape index (κ1) is 10.7. The number of benzene rings is 1. The van der Waals surface area contributed by atoms with E-state index in [9.17, 15) is 9.18 Å². The van der Waals surface area contributed by atoms with Crippen molar-refractivity contribution in [2.24, 2.45) is 0 Å². The van der Waals surface area contributed by atoms with Crippen molar-refractivity contribution >= 4 is 5.91 Å². The number of rotatable bonds is 2. The van der Waals surface area contributed by atoms with Crippen LogP contribution in [0.1, 0.15) is 18.0 Å². The summed E-state index contributed by atoms with van der Waals surface area (Å²) in [6, 6.07) is 4.50. The van der Waals surface area contributed by atoms with Gasteiger partial charge in [-0.15, -0.1) is 0 Å². The summed E-state index contributed by atoms with van der Waals surface area (Å²) < 4.78 is 18.7. The Balaban J connectivity index is 2.29. The van der Waals surface area contributed by atoms with Crippen LogP contribution < -0.4 is 10.1 Å². The van der Waals surface area contributed by atoms with Gasteiger partial charge in [0.05, 0.1) is 12.6 Å². The van der Waals surface area contributed by atoms with Gasteiger partial charge in [0.15, 0.2) is 11.6 Å². The van der Waals surface area contributed by atoms with Crippen LogP contribution in [0.5, 0.6) is 5.75 Å². The van der Waals surface area contributed by atoms with Gasteiger partial charge in [0.25, 0.3) is 0 Å². The third-order valence-corrected chi connectivity index (χ3v) is 2.53. The van der Waals surface area contributed by atoms with Crippen molar-refractivity contribution in [2.75, 3.05) is 6.61 Å². The Morgan fingerprint density at radius 3 is 3.19 bits per heavy atom. The molecule has 0 bridgehead atoms. The molecular formula is C12H12FNO2. The number of hydrogen-bond donors (Lipinski definition) is 1. The van der Waals surface area contributed by atoms with E-state index in [0.717, 1.165) is 0 Å². The van der Waals surface area contributed by atoms with Crippen molar-refractivity contribution in [3.05, 3.63) is 42.2 Å². The van der Waals surface area contributed by atoms with E-state index < -0.39 is 5.82 Å². The number of nitrogens with one attached hydrogen (secondary N) is 1. The van der Waals surface area contributed by atoms with Gasteiger partial charge in [-0.05, 0) is 12.1 Å². The highest BCUT2D eigenvalue weighted by Crippen LogP contribution is 2.33. The van der Waals surface area contributed by atoms with Gasteiger partial charge in [-0.3, -0.25) is 4.79 Å². The first-order chi connectivity index (χ1) is 7.72. The molecule has 1 aromatic rings. The van der Waals surface area contributed by atoms with Gasteiger partial charge in [-0.1, -0.05) is 18.7 Å². The van der Waals surface area contributed by atoms with Gasteiger partial charge in [0, 0.05) is 12.0 Å². The molecule has 1 heterocycles. The second-order valence-electron chi connectivity index (χ2n) is 3.56. The predicted molar refractivity (Wildman–Crippen MR) is 57.6 cm³/mol. The van der Waals surface area contributed by atoms with Crippen LogP contribution in [0.25, 0.3) is 0 Å². The van der Waals surface area contributed by atoms with Gasteiger partial charge >= 0.3 is 0 Å². The molecule has 84 valence electrons. The molecule has 1 amide bonds. The third kappa shape index (κ3) is 1.91. The fourth-order valence-corrected chi connectivity index (χ4v) is 1.77. The molecule has 1 aliphatic heterocycles. The van der Waals surface area contributed by atoms with Crippen LogP contribution in [0.4, 0.5) is 4.39 Å². The average molecular weight is 221 g/mol. The van der Waals surface area contributed by atoms with Crippen molar-refractivity contribution in [1.82, 2.24) is 5.32 Å². The lowest BCUT2D eigenvalue weighted by atomic mass is 10.0. The van der Waals surface area contributed by atoms with E-state index in [1.807, 2.05) is 0 Å². The fraction of sp³-hybridized carbons (Fsp3) is 0.250. The van der Waals surface area contributed by atoms with E-state index in [2.05, 4.69) is 11.9 Å². The lowest BCUT2D eigenvalue weighted by Crippen LogP contribution is -2.31. The summed E-state index contributed by atoms with van der Waals surface area (Å²) in [7, 11) is 0. The van der Waals surface area contributed by atoms with Crippen LogP contribution in [-0.2, 0) is 4.79 Å². The smallest absolute Gasteiger partial charge is 0.243 e. The molecule has 1 atom stereocenters. The minimum absolute atomic E-state index is 0.204. The number of ether oxygens (including phenoxy) is 1. The van der Waals surface area contributed by atoms with Crippen molar-refractivity contribution < 1.29 is 13.9 Å². The summed E-state index contributed by atoms with van der Waals surface area (Å²) in [5, 5.41) is 2.75. The molecule has 0 saturated carbocycles. The topological polar surface area (TPSA) is 38.3 Å². The van der Waals surface area contributed by atoms with Gasteiger partial charge in [-0.25, -0.2) is 4.39 Å². The Bertz CT molecular complexity index is 431. The molecule has 0 aliphatic carbocycles. The second-order valence-corrected chi connectivity index (χ2v) is 3.56. The Morgan fingerprint density at radius 2 is 2.44 bits per heavy atom. The Morgan fingerprint density at radius 1 is 1.62 bits per heavy atom. The highest BCUT2D eigenvalue weighted by Gasteiger charge is 2.24. The van der Waals surface area contributed by atoms with Crippen LogP contribution in [0.3, 0.4) is 0 Å². The molecular weight excluding hydrogens is 209 g/mol. The summed E-state index contributed by atoms with van der Waals surface area (Å²) in [6.07, 6.45) is 1.84. The van der Waals surface area contributed by atoms with Crippen LogP contribution >= 0.6 is 0 Å². The largest absolute Gasteiger partial charge is 0.490 e. The van der Waals surface area contributed by atoms with Crippen LogP contribution in [0.2, 0.25) is 0 Å². The number of carbonyl (C=O) groups excluding carboxylic acids is 1. The first-order valence-electron chi connectivity index (χ1n) is 5.06. The molecule has 3 nitrogen and oxygen atoms in total. The van der Waals surface area contributed by atoms with Gasteiger partial charge in [0.2, 0.25) is 5.91 Å². The Hall–Kier alpha value is -1.84. The maximum absolute atomic E-state index is 13.4. The monoisotopic (exact) mass is 221 g/mol. The van der Waals surface area contributed by atoms with Gasteiger partial charge in [-0.2, -0.15) is 0 Å². The molecule has 4 heteroatoms. The molecule has 1 N–H and O–H groups in total. The number of fused-ring (bicyclic) bond motifs is 1. The van der Waals surface area contributed by atoms with Crippen LogP contribution in [-0.4, -0.2) is 12.5 Å². The predicted octanol–water partition coefficient (Wildman–Crippen LogP) is 1.95. The lowest BCUT2D eigenvalue weighted by molar-refractivity contribution is -0.117. The van der Waals surface area contributed by atoms with Crippen molar-refractivity contribution in [1.29, 1.82) is 0 Å². The Labute approximate surface area is 92.9 Å². The normalized spacial score (nSPS) is 18.2. The van der Waals surface area contributed by atoms with E-state index in [1.165, 1.54) is 12.1 Å². The van der Waals surface area contributed by atoms with E-state index in [0.29, 0.717) is 18.6 Å². The molecule has 1 aliphatic rings. The summed E-state index contributed by atoms with van der Waals surface area (Å²) in [5.41, 5.74) is 0.682. The number of hydrogen-bond acceptors (Lipinski definition) is 2. The van der Waals surface area contributed by atoms with E-state index in [4.69, 9.17) is 4.74 Å². The maximum Gasteiger partial charge on any atom is 0.243 e. The number of carbonyl (C=O) groups is 1. The van der Waals surface area contributed by atoms with Crippen LogP contribution in [0, 0.1) is 5.82 Å². The molecule has 0 fully saturated rings. The maximum atomic E-state index is 13.4. The molecule has 2 rings (SSSR count). The molecule has 0 saturated heterocycles. The van der Waals surface area contributed by atoms with Gasteiger partial charge < -0.3 is 10.1 Å². The summed E-state index contributed by atoms with van der Waals surface area (Å²) in [5.74, 6) is -0.416. The molecule has 0 radical (unpaired) electrons. The fourth-order valence-electron chi connectivity index (χ4n) is 1.77. The highest BCUT2D eigenvalue weighted by molar-refractivity contribution is 5.87. The SMILES string of the molecule is C=CC(=O)N[C@H]1CCOc2c(F)cccc21. The van der Waals surface area contributed by atoms with E-state index in [1.54, 1.807) is 12.1 Å². The number of para-hydroxylation sites is 1. The lowest BCUT2D eigenvalue weighted by Gasteiger charge is -2.26. The molecule has 0 aromatic heterocycles. The second kappa shape index (κ2) is 4.35. The number of halogens is 1. The Kier molecular flexibility index (Phi) is 2.90. The standard InChI is InChI=1S/C12H12FNO2/c1-2-11(15)14-10-6-7-16-12-8(10)4-3-5-9(12)13/h2-5,10H,1,6-7H2,(H,14,15)/t10-/m0/s1. The van der Waals surface area contributed by atoms with E-state index in [-0.39, 0.29) is 17.7 Å². The minimum atomic E-state index is -0.393. The summed E-state index contributed by atoms with van der Waals surface area (Å²) in [4.78, 5) is 11.2. The zero-order valence-electron chi connectivity index (χ0n) is 8.70. The molecule has 0 spiro atoms. The average Bonchev–Trinajstić information content (AvgIpc) is 2.30. The van der Waals surface area contributed by atoms with Crippen molar-refractivity contribution in [3.8, 4) is 5.75 Å². The van der Waals surface area contributed by atoms with Crippen LogP contribution in [0.15, 0.2) is 30.9 Å². The summed E-state index contributed by atoms with van der Waals surface area (Å²) in [6.45, 7) is 3.78. The van der Waals surface area contributed by atoms with Gasteiger partial charge in [0.1, 0.15) is 0 Å². The van der Waals surface area contributed by atoms with E-state index >= 15 is 0 Å². The number of amides is 1. The van der Waals surface area contributed by atoms with Crippen molar-refractivity contribution in [2.45, 2.75) is 12.5 Å². The molecule has 1 aromatic carbocycles. The zero-order chi connectivity index (χ0) is 11.5. The summed E-state index contributed by atoms with van der Waals surface area (Å²) >= 11 is 0. The first-order valence-corrected chi connectivity index (χ1v) is 5.06. The minimum Gasteiger partial charge on any atom is -0.490 e. The van der Waals surface area contributed by atoms with Crippen molar-refractivity contribution in [3.63, 3.8) is 0 Å². The quantitative estimate of drug-likeness (QED) is 0.775. The highest BCUT2D eigenvalue weighted by atomic mass is 19.1. The third-order valence-electron chi connectivity index (χ3n) is 2.53. The zero-order valence-corrected chi connectivity index (χ0v) is 8.70.